The van der Waals surface area contributed by atoms with Gasteiger partial charge in [-0.15, -0.1) is 0 Å². The second kappa shape index (κ2) is 8.96. The first-order chi connectivity index (χ1) is 13.9. The molecule has 0 saturated carbocycles. The normalized spacial score (nSPS) is 11.7. The van der Waals surface area contributed by atoms with Crippen LogP contribution in [0.4, 0.5) is 11.4 Å². The summed E-state index contributed by atoms with van der Waals surface area (Å²) in [4.78, 5) is 28.4. The summed E-state index contributed by atoms with van der Waals surface area (Å²) in [6.45, 7) is 5.32. The third-order valence-electron chi connectivity index (χ3n) is 4.35. The lowest BCUT2D eigenvalue weighted by Gasteiger charge is -2.14. The number of methoxy groups -OCH3 is 1. The predicted octanol–water partition coefficient (Wildman–Crippen LogP) is 4.63. The number of nitrogens with one attached hydrogen (secondary N) is 2. The van der Waals surface area contributed by atoms with E-state index in [4.69, 9.17) is 9.72 Å². The molecule has 0 aliphatic heterocycles. The molecule has 1 heterocycles. The van der Waals surface area contributed by atoms with E-state index in [1.165, 1.54) is 18.7 Å². The molecule has 1 aromatic heterocycles. The topological polar surface area (TPSA) is 80.3 Å². The number of amides is 2. The van der Waals surface area contributed by atoms with E-state index in [0.29, 0.717) is 17.1 Å². The third kappa shape index (κ3) is 5.06. The van der Waals surface area contributed by atoms with Crippen molar-refractivity contribution >= 4 is 45.9 Å². The van der Waals surface area contributed by atoms with E-state index in [2.05, 4.69) is 10.6 Å². The van der Waals surface area contributed by atoms with Crippen LogP contribution < -0.4 is 15.4 Å². The van der Waals surface area contributed by atoms with Gasteiger partial charge in [0.25, 0.3) is 0 Å². The summed E-state index contributed by atoms with van der Waals surface area (Å²) in [7, 11) is 1.62. The van der Waals surface area contributed by atoms with Crippen molar-refractivity contribution in [1.82, 2.24) is 4.98 Å². The van der Waals surface area contributed by atoms with Gasteiger partial charge in [0.15, 0.2) is 0 Å². The van der Waals surface area contributed by atoms with Crippen molar-refractivity contribution in [3.63, 3.8) is 0 Å². The maximum absolute atomic E-state index is 12.6. The fourth-order valence-electron chi connectivity index (χ4n) is 2.91. The number of hydrogen-bond donors (Lipinski definition) is 2. The number of anilines is 2. The zero-order valence-corrected chi connectivity index (χ0v) is 17.6. The molecule has 0 fully saturated rings. The smallest absolute Gasteiger partial charge is 0.237 e. The highest BCUT2D eigenvalue weighted by Gasteiger charge is 2.17. The predicted molar refractivity (Wildman–Crippen MR) is 118 cm³/mol. The number of aromatic nitrogens is 1. The first-order valence-electron chi connectivity index (χ1n) is 9.17. The van der Waals surface area contributed by atoms with Gasteiger partial charge in [-0.25, -0.2) is 4.98 Å². The number of benzene rings is 2. The Morgan fingerprint density at radius 3 is 2.34 bits per heavy atom. The second-order valence-electron chi connectivity index (χ2n) is 6.64. The molecule has 150 valence electrons. The number of ether oxygens (including phenoxy) is 1. The summed E-state index contributed by atoms with van der Waals surface area (Å²) in [6.07, 6.45) is 0. The number of thioether (sulfide) groups is 1. The minimum atomic E-state index is -0.343. The number of hydrogen-bond acceptors (Lipinski definition) is 5. The lowest BCUT2D eigenvalue weighted by Crippen LogP contribution is -2.22. The lowest BCUT2D eigenvalue weighted by molar-refractivity contribution is -0.115. The summed E-state index contributed by atoms with van der Waals surface area (Å²) in [6, 6.07) is 14.8. The average Bonchev–Trinajstić information content (AvgIpc) is 2.68. The Balaban J connectivity index is 1.71. The van der Waals surface area contributed by atoms with Crippen molar-refractivity contribution in [3.05, 3.63) is 54.1 Å². The molecule has 6 nitrogen and oxygen atoms in total. The fraction of sp³-hybridized carbons (Fsp3) is 0.227. The summed E-state index contributed by atoms with van der Waals surface area (Å²) >= 11 is 1.39. The lowest BCUT2D eigenvalue weighted by atomic mass is 10.1. The van der Waals surface area contributed by atoms with E-state index < -0.39 is 0 Å². The Hall–Kier alpha value is -3.06. The third-order valence-corrected chi connectivity index (χ3v) is 5.36. The molecule has 0 saturated heterocycles. The Labute approximate surface area is 174 Å². The quantitative estimate of drug-likeness (QED) is 0.580. The largest absolute Gasteiger partial charge is 0.494 e. The van der Waals surface area contributed by atoms with Crippen LogP contribution >= 0.6 is 11.8 Å². The van der Waals surface area contributed by atoms with Gasteiger partial charge in [0, 0.05) is 23.7 Å². The number of carbonyl (C=O) groups excluding carboxylic acids is 2. The summed E-state index contributed by atoms with van der Waals surface area (Å²) in [5.74, 6) is 0.452. The van der Waals surface area contributed by atoms with Crippen molar-refractivity contribution < 1.29 is 14.3 Å². The summed E-state index contributed by atoms with van der Waals surface area (Å²) in [5.41, 5.74) is 3.22. The summed E-state index contributed by atoms with van der Waals surface area (Å²) < 4.78 is 5.43. The molecule has 2 aromatic carbocycles. The summed E-state index contributed by atoms with van der Waals surface area (Å²) in [5, 5.41) is 7.04. The van der Waals surface area contributed by atoms with Gasteiger partial charge in [-0.1, -0.05) is 23.9 Å². The maximum atomic E-state index is 12.6. The number of carbonyl (C=O) groups is 2. The van der Waals surface area contributed by atoms with Crippen LogP contribution in [0.2, 0.25) is 0 Å². The molecule has 0 spiro atoms. The molecule has 3 aromatic rings. The first kappa shape index (κ1) is 20.7. The van der Waals surface area contributed by atoms with Crippen LogP contribution in [-0.4, -0.2) is 29.2 Å². The van der Waals surface area contributed by atoms with E-state index in [9.17, 15) is 9.59 Å². The SMILES string of the molecule is COc1cccc2c(C)cc(S[C@@H](C)C(=O)Nc3ccc(NC(C)=O)cc3)nc12. The van der Waals surface area contributed by atoms with Crippen LogP contribution in [0, 0.1) is 6.92 Å². The molecule has 1 atom stereocenters. The highest BCUT2D eigenvalue weighted by molar-refractivity contribution is 8.00. The van der Waals surface area contributed by atoms with Gasteiger partial charge in [-0.05, 0) is 55.8 Å². The van der Waals surface area contributed by atoms with E-state index >= 15 is 0 Å². The highest BCUT2D eigenvalue weighted by Crippen LogP contribution is 2.31. The van der Waals surface area contributed by atoms with Crippen LogP contribution in [0.3, 0.4) is 0 Å². The van der Waals surface area contributed by atoms with Crippen LogP contribution in [0.5, 0.6) is 5.75 Å². The van der Waals surface area contributed by atoms with Crippen LogP contribution in [0.25, 0.3) is 10.9 Å². The zero-order chi connectivity index (χ0) is 21.0. The standard InChI is InChI=1S/C22H23N3O3S/c1-13-12-20(25-21-18(13)6-5-7-19(21)28-4)29-14(2)22(27)24-17-10-8-16(9-11-17)23-15(3)26/h5-12,14H,1-4H3,(H,23,26)(H,24,27)/t14-/m0/s1. The van der Waals surface area contributed by atoms with Crippen molar-refractivity contribution in [2.45, 2.75) is 31.0 Å². The van der Waals surface area contributed by atoms with E-state index in [0.717, 1.165) is 21.5 Å². The molecule has 3 rings (SSSR count). The molecule has 0 unspecified atom stereocenters. The number of aryl methyl sites for hydroxylation is 1. The van der Waals surface area contributed by atoms with Gasteiger partial charge in [0.1, 0.15) is 11.3 Å². The fourth-order valence-corrected chi connectivity index (χ4v) is 3.82. The van der Waals surface area contributed by atoms with E-state index in [1.807, 2.05) is 38.1 Å². The van der Waals surface area contributed by atoms with Crippen LogP contribution in [-0.2, 0) is 9.59 Å². The molecule has 0 aliphatic rings. The van der Waals surface area contributed by atoms with Crippen LogP contribution in [0.1, 0.15) is 19.4 Å². The number of para-hydroxylation sites is 1. The molecular weight excluding hydrogens is 386 g/mol. The van der Waals surface area contributed by atoms with Crippen molar-refractivity contribution in [3.8, 4) is 5.75 Å². The van der Waals surface area contributed by atoms with Crippen molar-refractivity contribution in [2.24, 2.45) is 0 Å². The Kier molecular flexibility index (Phi) is 6.39. The Bertz CT molecular complexity index is 1050. The average molecular weight is 410 g/mol. The maximum Gasteiger partial charge on any atom is 0.237 e. The Morgan fingerprint density at radius 1 is 1.07 bits per heavy atom. The number of pyridine rings is 1. The van der Waals surface area contributed by atoms with Crippen molar-refractivity contribution in [1.29, 1.82) is 0 Å². The minimum Gasteiger partial charge on any atom is -0.494 e. The second-order valence-corrected chi connectivity index (χ2v) is 8.00. The van der Waals surface area contributed by atoms with Gasteiger partial charge >= 0.3 is 0 Å². The van der Waals surface area contributed by atoms with Crippen molar-refractivity contribution in [2.75, 3.05) is 17.7 Å². The van der Waals surface area contributed by atoms with Gasteiger partial charge in [0.2, 0.25) is 11.8 Å². The molecule has 0 aliphatic carbocycles. The van der Waals surface area contributed by atoms with Gasteiger partial charge in [-0.2, -0.15) is 0 Å². The number of rotatable bonds is 6. The van der Waals surface area contributed by atoms with E-state index in [1.54, 1.807) is 31.4 Å². The van der Waals surface area contributed by atoms with Crippen LogP contribution in [0.15, 0.2) is 53.6 Å². The highest BCUT2D eigenvalue weighted by atomic mass is 32.2. The van der Waals surface area contributed by atoms with Gasteiger partial charge in [0.05, 0.1) is 17.4 Å². The monoisotopic (exact) mass is 409 g/mol. The molecule has 29 heavy (non-hydrogen) atoms. The number of fused-ring (bicyclic) bond motifs is 1. The molecule has 7 heteroatoms. The zero-order valence-electron chi connectivity index (χ0n) is 16.8. The Morgan fingerprint density at radius 2 is 1.72 bits per heavy atom. The van der Waals surface area contributed by atoms with Gasteiger partial charge in [-0.3, -0.25) is 9.59 Å². The van der Waals surface area contributed by atoms with Gasteiger partial charge < -0.3 is 15.4 Å². The molecule has 0 radical (unpaired) electrons. The molecule has 2 amide bonds. The molecule has 2 N–H and O–H groups in total. The number of nitrogens with zero attached hydrogens (tertiary/aromatic N) is 1. The molecule has 0 bridgehead atoms. The minimum absolute atomic E-state index is 0.123. The molecular formula is C22H23N3O3S. The van der Waals surface area contributed by atoms with E-state index in [-0.39, 0.29) is 17.1 Å². The first-order valence-corrected chi connectivity index (χ1v) is 10.0.